The number of nitrogens with zero attached hydrogens (tertiary/aromatic N) is 2. The summed E-state index contributed by atoms with van der Waals surface area (Å²) in [5, 5.41) is 1.20. The maximum Gasteiger partial charge on any atom is 0.306 e. The van der Waals surface area contributed by atoms with Gasteiger partial charge in [-0.25, -0.2) is 0 Å². The topological polar surface area (TPSA) is 51.5 Å². The van der Waals surface area contributed by atoms with Gasteiger partial charge in [0.05, 0.1) is 24.6 Å². The Labute approximate surface area is 152 Å². The number of rotatable bonds is 3. The van der Waals surface area contributed by atoms with E-state index in [2.05, 4.69) is 23.1 Å². The number of carbonyl (C=O) groups excluding carboxylic acids is 2. The normalized spacial score (nSPS) is 27.4. The van der Waals surface area contributed by atoms with Crippen molar-refractivity contribution in [1.29, 1.82) is 0 Å². The van der Waals surface area contributed by atoms with Crippen LogP contribution in [0.3, 0.4) is 0 Å². The molecule has 0 aliphatic carbocycles. The summed E-state index contributed by atoms with van der Waals surface area (Å²) in [6.45, 7) is 4.28. The van der Waals surface area contributed by atoms with Gasteiger partial charge in [0.25, 0.3) is 0 Å². The number of benzene rings is 1. The van der Waals surface area contributed by atoms with E-state index in [1.54, 1.807) is 0 Å². The van der Waals surface area contributed by atoms with Crippen LogP contribution in [0.25, 0.3) is 10.9 Å². The zero-order valence-electron chi connectivity index (χ0n) is 15.2. The zero-order valence-corrected chi connectivity index (χ0v) is 15.2. The van der Waals surface area contributed by atoms with Gasteiger partial charge in [0, 0.05) is 29.5 Å². The van der Waals surface area contributed by atoms with E-state index in [-0.39, 0.29) is 23.3 Å². The highest BCUT2D eigenvalue weighted by Gasteiger charge is 2.54. The van der Waals surface area contributed by atoms with Crippen molar-refractivity contribution in [3.05, 3.63) is 35.5 Å². The van der Waals surface area contributed by atoms with Gasteiger partial charge in [0.2, 0.25) is 5.91 Å². The highest BCUT2D eigenvalue weighted by Crippen LogP contribution is 2.57. The molecule has 0 radical (unpaired) electrons. The minimum Gasteiger partial charge on any atom is -0.466 e. The molecule has 4 heterocycles. The molecule has 26 heavy (non-hydrogen) atoms. The van der Waals surface area contributed by atoms with Crippen LogP contribution < -0.4 is 0 Å². The summed E-state index contributed by atoms with van der Waals surface area (Å²) in [4.78, 5) is 28.1. The first-order valence-corrected chi connectivity index (χ1v) is 9.70. The average Bonchev–Trinajstić information content (AvgIpc) is 2.96. The summed E-state index contributed by atoms with van der Waals surface area (Å²) in [7, 11) is 0. The van der Waals surface area contributed by atoms with Crippen molar-refractivity contribution in [2.45, 2.75) is 45.1 Å². The fourth-order valence-corrected chi connectivity index (χ4v) is 5.70. The molecule has 3 aliphatic rings. The molecule has 1 aromatic carbocycles. The van der Waals surface area contributed by atoms with Gasteiger partial charge in [0.1, 0.15) is 0 Å². The second-order valence-electron chi connectivity index (χ2n) is 7.92. The van der Waals surface area contributed by atoms with E-state index in [0.717, 1.165) is 43.6 Å². The van der Waals surface area contributed by atoms with E-state index < -0.39 is 0 Å². The lowest BCUT2D eigenvalue weighted by atomic mass is 9.64. The Hall–Kier alpha value is -2.14. The Morgan fingerprint density at radius 2 is 2.15 bits per heavy atom. The van der Waals surface area contributed by atoms with Crippen LogP contribution in [0.2, 0.25) is 0 Å². The predicted molar refractivity (Wildman–Crippen MR) is 98.1 cm³/mol. The smallest absolute Gasteiger partial charge is 0.306 e. The first-order chi connectivity index (χ1) is 12.6. The Bertz CT molecular complexity index is 915. The molecule has 3 aliphatic heterocycles. The van der Waals surface area contributed by atoms with E-state index in [0.29, 0.717) is 19.4 Å². The number of carbonyl (C=O) groups is 2. The summed E-state index contributed by atoms with van der Waals surface area (Å²) in [6, 6.07) is 8.39. The quantitative estimate of drug-likeness (QED) is 0.795. The third kappa shape index (κ3) is 2.07. The molecule has 2 atom stereocenters. The molecule has 0 N–H and O–H groups in total. The standard InChI is InChI=1S/C21H24N2O3/c1-2-26-18(25)13-21-9-5-10-22-11-8-15-14-6-3-4-7-16(14)23(17(24)12-21)19(15)20(21)22/h3-4,6-7,20H,2,5,8-13H2,1H3/t20-,21-/m1/s1. The Morgan fingerprint density at radius 3 is 3.00 bits per heavy atom. The molecular weight excluding hydrogens is 328 g/mol. The fraction of sp³-hybridized carbons (Fsp3) is 0.524. The van der Waals surface area contributed by atoms with E-state index in [1.165, 1.54) is 10.9 Å². The number of piperidine rings is 1. The van der Waals surface area contributed by atoms with Crippen molar-refractivity contribution < 1.29 is 14.3 Å². The van der Waals surface area contributed by atoms with Crippen LogP contribution in [-0.4, -0.2) is 41.0 Å². The maximum absolute atomic E-state index is 13.2. The van der Waals surface area contributed by atoms with Crippen LogP contribution >= 0.6 is 0 Å². The molecule has 0 unspecified atom stereocenters. The number of esters is 1. The molecule has 0 spiro atoms. The summed E-state index contributed by atoms with van der Waals surface area (Å²) in [5.41, 5.74) is 3.17. The zero-order chi connectivity index (χ0) is 17.9. The Balaban J connectivity index is 1.72. The van der Waals surface area contributed by atoms with Crippen molar-refractivity contribution in [3.8, 4) is 0 Å². The minimum atomic E-state index is -0.318. The third-order valence-corrected chi connectivity index (χ3v) is 6.55. The van der Waals surface area contributed by atoms with Crippen LogP contribution in [0.1, 0.15) is 54.7 Å². The number of fused-ring (bicyclic) bond motifs is 3. The molecule has 1 saturated heterocycles. The van der Waals surface area contributed by atoms with Gasteiger partial charge >= 0.3 is 5.97 Å². The van der Waals surface area contributed by atoms with Crippen molar-refractivity contribution in [1.82, 2.24) is 9.47 Å². The van der Waals surface area contributed by atoms with Gasteiger partial charge in [-0.15, -0.1) is 0 Å². The molecule has 0 bridgehead atoms. The third-order valence-electron chi connectivity index (χ3n) is 6.55. The number of hydrogen-bond acceptors (Lipinski definition) is 4. The summed E-state index contributed by atoms with van der Waals surface area (Å²) >= 11 is 0. The highest BCUT2D eigenvalue weighted by atomic mass is 16.5. The van der Waals surface area contributed by atoms with E-state index in [1.807, 2.05) is 17.6 Å². The van der Waals surface area contributed by atoms with Crippen LogP contribution in [0.5, 0.6) is 0 Å². The van der Waals surface area contributed by atoms with E-state index in [4.69, 9.17) is 4.74 Å². The second-order valence-corrected chi connectivity index (χ2v) is 7.92. The van der Waals surface area contributed by atoms with Crippen molar-refractivity contribution in [3.63, 3.8) is 0 Å². The number of aromatic nitrogens is 1. The minimum absolute atomic E-state index is 0.131. The lowest BCUT2D eigenvalue weighted by Crippen LogP contribution is -2.54. The molecule has 5 nitrogen and oxygen atoms in total. The Kier molecular flexibility index (Phi) is 3.51. The summed E-state index contributed by atoms with van der Waals surface area (Å²) < 4.78 is 7.23. The largest absolute Gasteiger partial charge is 0.466 e. The lowest BCUT2D eigenvalue weighted by molar-refractivity contribution is -0.149. The fourth-order valence-electron chi connectivity index (χ4n) is 5.70. The van der Waals surface area contributed by atoms with Crippen LogP contribution in [0, 0.1) is 5.41 Å². The van der Waals surface area contributed by atoms with Crippen molar-refractivity contribution >= 4 is 22.8 Å². The molecule has 5 rings (SSSR count). The molecule has 136 valence electrons. The molecule has 2 aromatic rings. The molecule has 1 aromatic heterocycles. The second kappa shape index (κ2) is 5.68. The molecule has 5 heteroatoms. The van der Waals surface area contributed by atoms with Gasteiger partial charge in [-0.1, -0.05) is 18.2 Å². The molecule has 0 saturated carbocycles. The van der Waals surface area contributed by atoms with E-state index >= 15 is 0 Å². The monoisotopic (exact) mass is 352 g/mol. The highest BCUT2D eigenvalue weighted by molar-refractivity contribution is 5.98. The number of para-hydroxylation sites is 1. The number of hydrogen-bond donors (Lipinski definition) is 0. The van der Waals surface area contributed by atoms with Crippen LogP contribution in [0.15, 0.2) is 24.3 Å². The van der Waals surface area contributed by atoms with E-state index in [9.17, 15) is 9.59 Å². The van der Waals surface area contributed by atoms with Crippen molar-refractivity contribution in [2.24, 2.45) is 5.41 Å². The van der Waals surface area contributed by atoms with Crippen LogP contribution in [-0.2, 0) is 16.0 Å². The first kappa shape index (κ1) is 16.1. The SMILES string of the molecule is CCOC(=O)C[C@@]12CCCN3CCc4c(n(c5ccccc45)C(=O)C1)[C@@H]32. The van der Waals surface area contributed by atoms with Gasteiger partial charge < -0.3 is 4.74 Å². The van der Waals surface area contributed by atoms with Crippen LogP contribution in [0.4, 0.5) is 0 Å². The summed E-state index contributed by atoms with van der Waals surface area (Å²) in [6.07, 6.45) is 3.70. The predicted octanol–water partition coefficient (Wildman–Crippen LogP) is 3.32. The number of ether oxygens (including phenoxy) is 1. The van der Waals surface area contributed by atoms with Gasteiger partial charge in [-0.3, -0.25) is 19.1 Å². The first-order valence-electron chi connectivity index (χ1n) is 9.70. The Morgan fingerprint density at radius 1 is 1.31 bits per heavy atom. The molecule has 1 fully saturated rings. The maximum atomic E-state index is 13.2. The molecular formula is C21H24N2O3. The molecule has 0 amide bonds. The van der Waals surface area contributed by atoms with Gasteiger partial charge in [0.15, 0.2) is 0 Å². The lowest BCUT2D eigenvalue weighted by Gasteiger charge is -2.54. The average molecular weight is 352 g/mol. The summed E-state index contributed by atoms with van der Waals surface area (Å²) in [5.74, 6) is -0.0365. The van der Waals surface area contributed by atoms with Gasteiger partial charge in [-0.2, -0.15) is 0 Å². The van der Waals surface area contributed by atoms with Gasteiger partial charge in [-0.05, 0) is 44.4 Å². The van der Waals surface area contributed by atoms with Crippen molar-refractivity contribution in [2.75, 3.05) is 19.7 Å².